The average Bonchev–Trinajstić information content (AvgIpc) is 3.29. The van der Waals surface area contributed by atoms with Crippen molar-refractivity contribution in [1.82, 2.24) is 15.6 Å². The van der Waals surface area contributed by atoms with Crippen LogP contribution in [0.4, 0.5) is 14.5 Å². The molecule has 0 amide bonds. The second kappa shape index (κ2) is 9.12. The molecule has 1 aliphatic heterocycles. The maximum Gasteiger partial charge on any atom is 0.191 e. The third-order valence-electron chi connectivity index (χ3n) is 4.43. The van der Waals surface area contributed by atoms with Gasteiger partial charge in [-0.2, -0.15) is 0 Å². The number of thiazole rings is 1. The summed E-state index contributed by atoms with van der Waals surface area (Å²) >= 11 is 1.65. The quantitative estimate of drug-likeness (QED) is 0.584. The maximum absolute atomic E-state index is 14.0. The van der Waals surface area contributed by atoms with E-state index in [4.69, 9.17) is 0 Å². The number of para-hydroxylation sites is 1. The molecule has 3 rings (SSSR count). The number of nitrogens with one attached hydrogen (secondary N) is 2. The summed E-state index contributed by atoms with van der Waals surface area (Å²) in [6, 6.07) is 4.05. The summed E-state index contributed by atoms with van der Waals surface area (Å²) in [5.74, 6) is -0.345. The number of nitrogens with zero attached hydrogens (tertiary/aromatic N) is 3. The third-order valence-corrected chi connectivity index (χ3v) is 5.47. The zero-order chi connectivity index (χ0) is 19.2. The first kappa shape index (κ1) is 19.5. The Balaban J connectivity index is 1.62. The van der Waals surface area contributed by atoms with Crippen molar-refractivity contribution in [2.45, 2.75) is 39.3 Å². The molecule has 2 N–H and O–H groups in total. The number of hydrogen-bond acceptors (Lipinski definition) is 4. The van der Waals surface area contributed by atoms with Gasteiger partial charge in [-0.3, -0.25) is 0 Å². The molecule has 2 heterocycles. The number of guanidine groups is 1. The number of aromatic nitrogens is 1. The lowest BCUT2D eigenvalue weighted by Gasteiger charge is -2.21. The van der Waals surface area contributed by atoms with Gasteiger partial charge in [-0.1, -0.05) is 13.0 Å². The minimum Gasteiger partial charge on any atom is -0.365 e. The summed E-state index contributed by atoms with van der Waals surface area (Å²) < 4.78 is 28.0. The molecule has 1 atom stereocenters. The first-order valence-corrected chi connectivity index (χ1v) is 10.2. The topological polar surface area (TPSA) is 52.6 Å². The standard InChI is InChI=1S/C19H25F2N5S/c1-3-17-24-14(12-27-17)10-23-19(22-4-2)25-13-8-9-26(11-13)18-15(20)6-5-7-16(18)21/h5-7,12-13H,3-4,8-11H2,1-2H3,(H2,22,23,25). The number of rotatable bonds is 6. The monoisotopic (exact) mass is 393 g/mol. The zero-order valence-electron chi connectivity index (χ0n) is 15.6. The van der Waals surface area contributed by atoms with Crippen LogP contribution in [-0.2, 0) is 13.0 Å². The van der Waals surface area contributed by atoms with Crippen LogP contribution in [0.5, 0.6) is 0 Å². The highest BCUT2D eigenvalue weighted by atomic mass is 32.1. The van der Waals surface area contributed by atoms with Crippen molar-refractivity contribution in [2.75, 3.05) is 24.5 Å². The summed E-state index contributed by atoms with van der Waals surface area (Å²) in [5, 5.41) is 9.74. The van der Waals surface area contributed by atoms with Crippen molar-refractivity contribution in [2.24, 2.45) is 4.99 Å². The molecule has 0 spiro atoms. The van der Waals surface area contributed by atoms with E-state index < -0.39 is 11.6 Å². The molecule has 1 aromatic heterocycles. The van der Waals surface area contributed by atoms with E-state index >= 15 is 0 Å². The van der Waals surface area contributed by atoms with Crippen molar-refractivity contribution in [3.63, 3.8) is 0 Å². The van der Waals surface area contributed by atoms with Gasteiger partial charge in [-0.15, -0.1) is 11.3 Å². The van der Waals surface area contributed by atoms with Crippen LogP contribution in [0.15, 0.2) is 28.6 Å². The number of anilines is 1. The molecule has 146 valence electrons. The third kappa shape index (κ3) is 4.94. The summed E-state index contributed by atoms with van der Waals surface area (Å²) in [5.41, 5.74) is 1.01. The molecule has 1 saturated heterocycles. The predicted molar refractivity (Wildman–Crippen MR) is 106 cm³/mol. The molecule has 0 saturated carbocycles. The first-order chi connectivity index (χ1) is 13.1. The van der Waals surface area contributed by atoms with Gasteiger partial charge in [0, 0.05) is 31.1 Å². The van der Waals surface area contributed by atoms with Gasteiger partial charge in [0.15, 0.2) is 5.96 Å². The highest BCUT2D eigenvalue weighted by Gasteiger charge is 2.27. The predicted octanol–water partition coefficient (Wildman–Crippen LogP) is 3.32. The lowest BCUT2D eigenvalue weighted by atomic mass is 10.2. The molecule has 2 aromatic rings. The number of aryl methyl sites for hydroxylation is 1. The Labute approximate surface area is 162 Å². The van der Waals surface area contributed by atoms with Crippen LogP contribution in [0.1, 0.15) is 31.0 Å². The van der Waals surface area contributed by atoms with Crippen molar-refractivity contribution in [1.29, 1.82) is 0 Å². The van der Waals surface area contributed by atoms with Gasteiger partial charge in [0.1, 0.15) is 17.3 Å². The number of aliphatic imine (C=N–C) groups is 1. The van der Waals surface area contributed by atoms with Gasteiger partial charge in [0.2, 0.25) is 0 Å². The number of hydrogen-bond donors (Lipinski definition) is 2. The van der Waals surface area contributed by atoms with E-state index in [1.807, 2.05) is 12.3 Å². The Morgan fingerprint density at radius 1 is 1.33 bits per heavy atom. The molecule has 0 bridgehead atoms. The van der Waals surface area contributed by atoms with Crippen molar-refractivity contribution >= 4 is 23.0 Å². The largest absolute Gasteiger partial charge is 0.365 e. The van der Waals surface area contributed by atoms with Gasteiger partial charge < -0.3 is 15.5 Å². The van der Waals surface area contributed by atoms with E-state index in [0.717, 1.165) is 30.1 Å². The summed E-state index contributed by atoms with van der Waals surface area (Å²) in [7, 11) is 0. The van der Waals surface area contributed by atoms with Crippen LogP contribution in [-0.4, -0.2) is 36.6 Å². The highest BCUT2D eigenvalue weighted by molar-refractivity contribution is 7.09. The first-order valence-electron chi connectivity index (χ1n) is 9.27. The zero-order valence-corrected chi connectivity index (χ0v) is 16.5. The normalized spacial score (nSPS) is 17.4. The second-order valence-electron chi connectivity index (χ2n) is 6.43. The van der Waals surface area contributed by atoms with E-state index in [-0.39, 0.29) is 11.7 Å². The fraction of sp³-hybridized carbons (Fsp3) is 0.474. The number of halogens is 2. The Morgan fingerprint density at radius 3 is 2.78 bits per heavy atom. The Morgan fingerprint density at radius 2 is 2.11 bits per heavy atom. The van der Waals surface area contributed by atoms with Crippen molar-refractivity contribution in [3.8, 4) is 0 Å². The van der Waals surface area contributed by atoms with Crippen molar-refractivity contribution < 1.29 is 8.78 Å². The minimum atomic E-state index is -0.522. The minimum absolute atomic E-state index is 0.0540. The maximum atomic E-state index is 14.0. The molecule has 1 aliphatic rings. The fourth-order valence-corrected chi connectivity index (χ4v) is 3.87. The second-order valence-corrected chi connectivity index (χ2v) is 7.37. The van der Waals surface area contributed by atoms with Gasteiger partial charge >= 0.3 is 0 Å². The van der Waals surface area contributed by atoms with Crippen LogP contribution in [0.3, 0.4) is 0 Å². The van der Waals surface area contributed by atoms with Gasteiger partial charge in [0.05, 0.1) is 17.2 Å². The van der Waals surface area contributed by atoms with Gasteiger partial charge in [-0.05, 0) is 31.9 Å². The molecule has 5 nitrogen and oxygen atoms in total. The van der Waals surface area contributed by atoms with Gasteiger partial charge in [0.25, 0.3) is 0 Å². The molecule has 1 unspecified atom stereocenters. The molecular formula is C19H25F2N5S. The van der Waals surface area contributed by atoms with Crippen LogP contribution in [0.25, 0.3) is 0 Å². The lowest BCUT2D eigenvalue weighted by Crippen LogP contribution is -2.44. The number of benzene rings is 1. The molecular weight excluding hydrogens is 368 g/mol. The summed E-state index contributed by atoms with van der Waals surface area (Å²) in [4.78, 5) is 10.9. The Kier molecular flexibility index (Phi) is 6.60. The summed E-state index contributed by atoms with van der Waals surface area (Å²) in [6.45, 7) is 6.46. The van der Waals surface area contributed by atoms with E-state index in [0.29, 0.717) is 25.6 Å². The van der Waals surface area contributed by atoms with Gasteiger partial charge in [-0.25, -0.2) is 18.8 Å². The smallest absolute Gasteiger partial charge is 0.191 e. The SMILES string of the molecule is CCNC(=NCc1csc(CC)n1)NC1CCN(c2c(F)cccc2F)C1. The van der Waals surface area contributed by atoms with E-state index in [9.17, 15) is 8.78 Å². The lowest BCUT2D eigenvalue weighted by molar-refractivity contribution is 0.576. The molecule has 8 heteroatoms. The summed E-state index contributed by atoms with van der Waals surface area (Å²) in [6.07, 6.45) is 1.71. The Hall–Kier alpha value is -2.22. The molecule has 1 fully saturated rings. The molecule has 27 heavy (non-hydrogen) atoms. The average molecular weight is 394 g/mol. The van der Waals surface area contributed by atoms with E-state index in [1.165, 1.54) is 18.2 Å². The molecule has 0 radical (unpaired) electrons. The Bertz CT molecular complexity index is 772. The molecule has 1 aromatic carbocycles. The van der Waals surface area contributed by atoms with E-state index in [2.05, 4.69) is 27.5 Å². The van der Waals surface area contributed by atoms with Crippen LogP contribution in [0.2, 0.25) is 0 Å². The van der Waals surface area contributed by atoms with Crippen LogP contribution < -0.4 is 15.5 Å². The van der Waals surface area contributed by atoms with Crippen LogP contribution in [0, 0.1) is 11.6 Å². The highest BCUT2D eigenvalue weighted by Crippen LogP contribution is 2.26. The molecule has 0 aliphatic carbocycles. The van der Waals surface area contributed by atoms with Crippen LogP contribution >= 0.6 is 11.3 Å². The van der Waals surface area contributed by atoms with Crippen molar-refractivity contribution in [3.05, 3.63) is 45.9 Å². The van der Waals surface area contributed by atoms with E-state index in [1.54, 1.807) is 16.2 Å². The fourth-order valence-electron chi connectivity index (χ4n) is 3.13.